The molecule has 0 spiro atoms. The van der Waals surface area contributed by atoms with Crippen molar-refractivity contribution in [3.05, 3.63) is 128 Å². The summed E-state index contributed by atoms with van der Waals surface area (Å²) >= 11 is 0. The van der Waals surface area contributed by atoms with Crippen LogP contribution in [0.25, 0.3) is 0 Å². The molecule has 0 N–H and O–H groups in total. The summed E-state index contributed by atoms with van der Waals surface area (Å²) in [5.74, 6) is 0.656. The van der Waals surface area contributed by atoms with Gasteiger partial charge in [-0.3, -0.25) is 20.2 Å². The Morgan fingerprint density at radius 3 is 1.14 bits per heavy atom. The largest absolute Gasteiger partial charge is 0.494 e. The molecule has 0 saturated carbocycles. The molecule has 4 rings (SSSR count). The van der Waals surface area contributed by atoms with Gasteiger partial charge in [0.05, 0.1) is 34.2 Å². The quantitative estimate of drug-likeness (QED) is 0.0520. The number of rotatable bonds is 14. The van der Waals surface area contributed by atoms with Crippen LogP contribution in [0.3, 0.4) is 0 Å². The lowest BCUT2D eigenvalue weighted by atomic mass is 10.2. The van der Waals surface area contributed by atoms with Crippen molar-refractivity contribution in [2.75, 3.05) is 13.2 Å². The highest BCUT2D eigenvalue weighted by molar-refractivity contribution is 5.91. The third kappa shape index (κ3) is 9.11. The number of hydrogen-bond acceptors (Lipinski definition) is 10. The van der Waals surface area contributed by atoms with Crippen LogP contribution in [0.1, 0.15) is 40.0 Å². The Bertz CT molecular complexity index is 1430. The van der Waals surface area contributed by atoms with E-state index in [0.29, 0.717) is 36.2 Å². The number of carbonyl (C=O) groups is 2. The molecule has 12 nitrogen and oxygen atoms in total. The maximum atomic E-state index is 12.2. The highest BCUT2D eigenvalue weighted by Crippen LogP contribution is 2.22. The van der Waals surface area contributed by atoms with E-state index < -0.39 is 21.8 Å². The zero-order chi connectivity index (χ0) is 30.6. The van der Waals surface area contributed by atoms with Gasteiger partial charge in [-0.15, -0.1) is 0 Å². The van der Waals surface area contributed by atoms with Crippen molar-refractivity contribution in [2.24, 2.45) is 0 Å². The fourth-order valence-electron chi connectivity index (χ4n) is 3.74. The SMILES string of the molecule is O=C(Oc1ccc(OCCCCCOc2ccc(OC(=O)c3ccc([N+](=O)[O-])cc3)cc2)cc1)c1ccc([N+](=O)[O-])cc1. The Balaban J connectivity index is 1.09. The maximum Gasteiger partial charge on any atom is 0.343 e. The standard InChI is InChI=1S/C31H26N2O10/c34-30(22-4-8-24(9-5-22)32(36)37)42-28-16-12-26(13-17-28)40-20-2-1-3-21-41-27-14-18-29(19-15-27)43-31(35)23-6-10-25(11-7-23)33(38)39/h4-19H,1-3,20-21H2. The minimum absolute atomic E-state index is 0.109. The lowest BCUT2D eigenvalue weighted by Gasteiger charge is -2.09. The minimum Gasteiger partial charge on any atom is -0.494 e. The van der Waals surface area contributed by atoms with Crippen LogP contribution in [0.4, 0.5) is 11.4 Å². The second-order valence-electron chi connectivity index (χ2n) is 9.09. The van der Waals surface area contributed by atoms with E-state index in [-0.39, 0.29) is 22.5 Å². The monoisotopic (exact) mass is 586 g/mol. The lowest BCUT2D eigenvalue weighted by Crippen LogP contribution is -2.08. The van der Waals surface area contributed by atoms with E-state index in [2.05, 4.69) is 0 Å². The molecule has 220 valence electrons. The van der Waals surface area contributed by atoms with Gasteiger partial charge in [0.15, 0.2) is 0 Å². The summed E-state index contributed by atoms with van der Waals surface area (Å²) in [4.78, 5) is 44.8. The van der Waals surface area contributed by atoms with Gasteiger partial charge in [0, 0.05) is 24.3 Å². The van der Waals surface area contributed by atoms with Crippen molar-refractivity contribution in [2.45, 2.75) is 19.3 Å². The lowest BCUT2D eigenvalue weighted by molar-refractivity contribution is -0.385. The molecule has 0 fully saturated rings. The molecule has 0 aliphatic heterocycles. The number of non-ortho nitro benzene ring substituents is 2. The third-order valence-corrected chi connectivity index (χ3v) is 6.02. The molecule has 0 unspecified atom stereocenters. The summed E-state index contributed by atoms with van der Waals surface area (Å²) < 4.78 is 22.0. The average molecular weight is 587 g/mol. The van der Waals surface area contributed by atoms with Crippen LogP contribution in [-0.4, -0.2) is 35.0 Å². The average Bonchev–Trinajstić information content (AvgIpc) is 3.02. The number of carbonyl (C=O) groups excluding carboxylic acids is 2. The maximum absolute atomic E-state index is 12.2. The first-order valence-corrected chi connectivity index (χ1v) is 13.2. The molecule has 0 aromatic heterocycles. The second-order valence-corrected chi connectivity index (χ2v) is 9.09. The highest BCUT2D eigenvalue weighted by atomic mass is 16.6. The number of ether oxygens (including phenoxy) is 4. The van der Waals surface area contributed by atoms with E-state index in [9.17, 15) is 29.8 Å². The van der Waals surface area contributed by atoms with Crippen LogP contribution < -0.4 is 18.9 Å². The fraction of sp³-hybridized carbons (Fsp3) is 0.161. The van der Waals surface area contributed by atoms with Crippen LogP contribution in [0, 0.1) is 20.2 Å². The van der Waals surface area contributed by atoms with Crippen molar-refractivity contribution in [1.82, 2.24) is 0 Å². The molecule has 0 saturated heterocycles. The van der Waals surface area contributed by atoms with Gasteiger partial charge in [-0.25, -0.2) is 9.59 Å². The molecular formula is C31H26N2O10. The van der Waals surface area contributed by atoms with E-state index in [4.69, 9.17) is 18.9 Å². The molecule has 4 aromatic rings. The molecule has 43 heavy (non-hydrogen) atoms. The Kier molecular flexibility index (Phi) is 10.3. The Hall–Kier alpha value is -5.78. The van der Waals surface area contributed by atoms with Gasteiger partial charge < -0.3 is 18.9 Å². The number of nitro groups is 2. The van der Waals surface area contributed by atoms with Gasteiger partial charge in [-0.2, -0.15) is 0 Å². The summed E-state index contributed by atoms with van der Waals surface area (Å²) in [6.07, 6.45) is 2.48. The van der Waals surface area contributed by atoms with E-state index in [1.807, 2.05) is 0 Å². The second kappa shape index (κ2) is 14.7. The topological polar surface area (TPSA) is 157 Å². The predicted octanol–water partition coefficient (Wildman–Crippen LogP) is 6.57. The number of nitrogens with zero attached hydrogens (tertiary/aromatic N) is 2. The van der Waals surface area contributed by atoms with Gasteiger partial charge in [-0.05, 0) is 92.1 Å². The van der Waals surface area contributed by atoms with Crippen molar-refractivity contribution in [3.8, 4) is 23.0 Å². The van der Waals surface area contributed by atoms with Gasteiger partial charge >= 0.3 is 11.9 Å². The molecule has 0 aliphatic carbocycles. The van der Waals surface area contributed by atoms with Crippen LogP contribution in [0.2, 0.25) is 0 Å². The molecule has 0 amide bonds. The van der Waals surface area contributed by atoms with Gasteiger partial charge in [0.2, 0.25) is 0 Å². The first-order chi connectivity index (χ1) is 20.8. The van der Waals surface area contributed by atoms with Gasteiger partial charge in [0.1, 0.15) is 23.0 Å². The summed E-state index contributed by atoms with van der Waals surface area (Å²) in [5, 5.41) is 21.5. The van der Waals surface area contributed by atoms with E-state index in [1.54, 1.807) is 48.5 Å². The smallest absolute Gasteiger partial charge is 0.343 e. The van der Waals surface area contributed by atoms with Gasteiger partial charge in [-0.1, -0.05) is 0 Å². The van der Waals surface area contributed by atoms with E-state index in [0.717, 1.165) is 19.3 Å². The minimum atomic E-state index is -0.621. The first-order valence-electron chi connectivity index (χ1n) is 13.2. The molecule has 12 heteroatoms. The number of esters is 2. The van der Waals surface area contributed by atoms with Gasteiger partial charge in [0.25, 0.3) is 11.4 Å². The van der Waals surface area contributed by atoms with E-state index in [1.165, 1.54) is 48.5 Å². The van der Waals surface area contributed by atoms with Crippen LogP contribution in [-0.2, 0) is 0 Å². The Morgan fingerprint density at radius 1 is 0.488 bits per heavy atom. The highest BCUT2D eigenvalue weighted by Gasteiger charge is 2.13. The van der Waals surface area contributed by atoms with Crippen molar-refractivity contribution >= 4 is 23.3 Å². The molecule has 0 aliphatic rings. The fourth-order valence-corrected chi connectivity index (χ4v) is 3.74. The molecule has 0 radical (unpaired) electrons. The number of hydrogen-bond donors (Lipinski definition) is 0. The zero-order valence-corrected chi connectivity index (χ0v) is 22.8. The molecule has 4 aromatic carbocycles. The molecule has 0 heterocycles. The van der Waals surface area contributed by atoms with Crippen LogP contribution >= 0.6 is 0 Å². The molecule has 0 atom stereocenters. The number of unbranched alkanes of at least 4 members (excludes halogenated alkanes) is 2. The first kappa shape index (κ1) is 30.2. The zero-order valence-electron chi connectivity index (χ0n) is 22.8. The summed E-state index contributed by atoms with van der Waals surface area (Å²) in [6.45, 7) is 0.994. The van der Waals surface area contributed by atoms with Crippen LogP contribution in [0.5, 0.6) is 23.0 Å². The number of nitro benzene ring substituents is 2. The molecule has 0 bridgehead atoms. The number of benzene rings is 4. The third-order valence-electron chi connectivity index (χ3n) is 6.02. The Labute approximate surface area is 245 Å². The molecular weight excluding hydrogens is 560 g/mol. The summed E-state index contributed by atoms with van der Waals surface area (Å²) in [6, 6.07) is 23.5. The van der Waals surface area contributed by atoms with Crippen molar-refractivity contribution < 1.29 is 38.4 Å². The Morgan fingerprint density at radius 2 is 0.814 bits per heavy atom. The summed E-state index contributed by atoms with van der Waals surface area (Å²) in [7, 11) is 0. The predicted molar refractivity (Wildman–Crippen MR) is 154 cm³/mol. The van der Waals surface area contributed by atoms with Crippen LogP contribution in [0.15, 0.2) is 97.1 Å². The van der Waals surface area contributed by atoms with E-state index >= 15 is 0 Å². The summed E-state index contributed by atoms with van der Waals surface area (Å²) in [5.41, 5.74) is 0.188. The van der Waals surface area contributed by atoms with Crippen molar-refractivity contribution in [3.63, 3.8) is 0 Å². The normalized spacial score (nSPS) is 10.4. The van der Waals surface area contributed by atoms with Crippen molar-refractivity contribution in [1.29, 1.82) is 0 Å².